The molecule has 3 rings (SSSR count). The van der Waals surface area contributed by atoms with Crippen LogP contribution in [0.25, 0.3) is 5.65 Å². The maximum atomic E-state index is 12.5. The molecule has 1 atom stereocenters. The summed E-state index contributed by atoms with van der Waals surface area (Å²) in [5, 5.41) is 11.4. The van der Waals surface area contributed by atoms with E-state index < -0.39 is 0 Å². The molecule has 1 fully saturated rings. The third kappa shape index (κ3) is 4.84. The van der Waals surface area contributed by atoms with E-state index in [2.05, 4.69) is 15.5 Å². The second-order valence-electron chi connectivity index (χ2n) is 6.72. The van der Waals surface area contributed by atoms with Crippen molar-refractivity contribution < 1.29 is 4.79 Å². The summed E-state index contributed by atoms with van der Waals surface area (Å²) in [5.41, 5.74) is 6.75. The van der Waals surface area contributed by atoms with Gasteiger partial charge in [0, 0.05) is 12.6 Å². The van der Waals surface area contributed by atoms with Crippen LogP contribution in [0.1, 0.15) is 57.3 Å². The number of pyridine rings is 1. The second-order valence-corrected chi connectivity index (χ2v) is 6.72. The van der Waals surface area contributed by atoms with Crippen LogP contribution in [0.5, 0.6) is 0 Å². The van der Waals surface area contributed by atoms with Crippen LogP contribution in [0.4, 0.5) is 0 Å². The lowest BCUT2D eigenvalue weighted by Gasteiger charge is -2.35. The van der Waals surface area contributed by atoms with Gasteiger partial charge in [-0.1, -0.05) is 25.3 Å². The fraction of sp³-hybridized carbons (Fsp3) is 0.588. The van der Waals surface area contributed by atoms with Crippen LogP contribution < -0.4 is 11.1 Å². The van der Waals surface area contributed by atoms with Gasteiger partial charge in [-0.25, -0.2) is 0 Å². The Morgan fingerprint density at radius 3 is 2.68 bits per heavy atom. The molecule has 1 unspecified atom stereocenters. The number of hydrogen-bond donors (Lipinski definition) is 2. The Balaban J connectivity index is 0.00000156. The van der Waals surface area contributed by atoms with Gasteiger partial charge < -0.3 is 11.1 Å². The first-order chi connectivity index (χ1) is 11.1. The van der Waals surface area contributed by atoms with Gasteiger partial charge in [-0.2, -0.15) is 0 Å². The van der Waals surface area contributed by atoms with Crippen molar-refractivity contribution in [3.05, 3.63) is 30.2 Å². The average Bonchev–Trinajstić information content (AvgIpc) is 2.99. The Hall–Kier alpha value is -1.37. The standard InChI is InChI=1S/C17H25N5O.2ClH/c1-13(16-21-20-14-7-3-6-10-22(14)16)19-15(23)11-17(12-18)8-4-2-5-9-17;;/h3,6-7,10,13H,2,4-5,8-9,11-12,18H2,1H3,(H,19,23);2*1H. The molecule has 3 N–H and O–H groups in total. The van der Waals surface area contributed by atoms with E-state index in [0.29, 0.717) is 13.0 Å². The van der Waals surface area contributed by atoms with Crippen LogP contribution in [0.2, 0.25) is 0 Å². The number of halogens is 2. The first-order valence-electron chi connectivity index (χ1n) is 8.43. The van der Waals surface area contributed by atoms with Crippen LogP contribution in [0, 0.1) is 5.41 Å². The van der Waals surface area contributed by atoms with Gasteiger partial charge >= 0.3 is 0 Å². The Morgan fingerprint density at radius 2 is 2.00 bits per heavy atom. The molecule has 25 heavy (non-hydrogen) atoms. The highest BCUT2D eigenvalue weighted by molar-refractivity contribution is 5.85. The molecule has 6 nitrogen and oxygen atoms in total. The molecule has 1 amide bonds. The number of hydrogen-bond acceptors (Lipinski definition) is 4. The van der Waals surface area contributed by atoms with E-state index in [4.69, 9.17) is 5.73 Å². The van der Waals surface area contributed by atoms with Gasteiger partial charge in [0.15, 0.2) is 11.5 Å². The number of fused-ring (bicyclic) bond motifs is 1. The predicted octanol–water partition coefficient (Wildman–Crippen LogP) is 3.05. The van der Waals surface area contributed by atoms with Crippen molar-refractivity contribution in [2.75, 3.05) is 6.54 Å². The van der Waals surface area contributed by atoms with E-state index in [-0.39, 0.29) is 42.2 Å². The van der Waals surface area contributed by atoms with E-state index in [1.54, 1.807) is 0 Å². The highest BCUT2D eigenvalue weighted by atomic mass is 35.5. The maximum Gasteiger partial charge on any atom is 0.221 e. The van der Waals surface area contributed by atoms with E-state index in [1.165, 1.54) is 19.3 Å². The van der Waals surface area contributed by atoms with Crippen LogP contribution in [-0.4, -0.2) is 27.0 Å². The molecule has 8 heteroatoms. The van der Waals surface area contributed by atoms with E-state index in [9.17, 15) is 4.79 Å². The first-order valence-corrected chi connectivity index (χ1v) is 8.43. The summed E-state index contributed by atoms with van der Waals surface area (Å²) in [6.07, 6.45) is 8.13. The van der Waals surface area contributed by atoms with Gasteiger partial charge in [-0.15, -0.1) is 35.0 Å². The minimum Gasteiger partial charge on any atom is -0.346 e. The molecule has 2 aromatic heterocycles. The van der Waals surface area contributed by atoms with Crippen LogP contribution in [-0.2, 0) is 4.79 Å². The van der Waals surface area contributed by atoms with Gasteiger partial charge in [0.1, 0.15) is 0 Å². The lowest BCUT2D eigenvalue weighted by atomic mass is 9.71. The SMILES string of the molecule is CC(NC(=O)CC1(CN)CCCCC1)c1nnc2ccccn12.Cl.Cl. The van der Waals surface area contributed by atoms with E-state index in [1.807, 2.05) is 35.7 Å². The molecule has 0 bridgehead atoms. The van der Waals surface area contributed by atoms with Crippen molar-refractivity contribution in [1.82, 2.24) is 19.9 Å². The van der Waals surface area contributed by atoms with E-state index in [0.717, 1.165) is 24.3 Å². The van der Waals surface area contributed by atoms with Gasteiger partial charge in [-0.05, 0) is 43.9 Å². The van der Waals surface area contributed by atoms with E-state index >= 15 is 0 Å². The molecule has 0 saturated heterocycles. The van der Waals surface area contributed by atoms with Crippen LogP contribution in [0.3, 0.4) is 0 Å². The summed E-state index contributed by atoms with van der Waals surface area (Å²) < 4.78 is 1.91. The number of nitrogens with zero attached hydrogens (tertiary/aromatic N) is 3. The average molecular weight is 388 g/mol. The smallest absolute Gasteiger partial charge is 0.221 e. The minimum absolute atomic E-state index is 0. The van der Waals surface area contributed by atoms with Crippen molar-refractivity contribution in [3.8, 4) is 0 Å². The number of aromatic nitrogens is 3. The fourth-order valence-electron chi connectivity index (χ4n) is 3.61. The number of nitrogens with two attached hydrogens (primary N) is 1. The number of carbonyl (C=O) groups excluding carboxylic acids is 1. The highest BCUT2D eigenvalue weighted by Gasteiger charge is 2.33. The quantitative estimate of drug-likeness (QED) is 0.825. The molecular formula is C17H27Cl2N5O. The number of rotatable bonds is 5. The molecule has 1 saturated carbocycles. The second kappa shape index (κ2) is 9.36. The summed E-state index contributed by atoms with van der Waals surface area (Å²) in [7, 11) is 0. The number of carbonyl (C=O) groups is 1. The minimum atomic E-state index is -0.182. The predicted molar refractivity (Wildman–Crippen MR) is 103 cm³/mol. The lowest BCUT2D eigenvalue weighted by Crippen LogP contribution is -2.39. The Labute approximate surface area is 160 Å². The molecule has 0 spiro atoms. The van der Waals surface area contributed by atoms with Crippen molar-refractivity contribution in [1.29, 1.82) is 0 Å². The highest BCUT2D eigenvalue weighted by Crippen LogP contribution is 2.38. The summed E-state index contributed by atoms with van der Waals surface area (Å²) in [5.74, 6) is 0.803. The van der Waals surface area contributed by atoms with Crippen molar-refractivity contribution >= 4 is 36.4 Å². The maximum absolute atomic E-state index is 12.5. The molecular weight excluding hydrogens is 361 g/mol. The third-order valence-corrected chi connectivity index (χ3v) is 4.99. The molecule has 1 aliphatic carbocycles. The Kier molecular flexibility index (Phi) is 8.12. The summed E-state index contributed by atoms with van der Waals surface area (Å²) in [6.45, 7) is 2.53. The third-order valence-electron chi connectivity index (χ3n) is 4.99. The largest absolute Gasteiger partial charge is 0.346 e. The molecule has 1 aliphatic rings. The van der Waals surface area contributed by atoms with Crippen molar-refractivity contribution in [2.24, 2.45) is 11.1 Å². The topological polar surface area (TPSA) is 85.3 Å². The fourth-order valence-corrected chi connectivity index (χ4v) is 3.61. The van der Waals surface area contributed by atoms with Gasteiger partial charge in [0.25, 0.3) is 0 Å². The molecule has 2 heterocycles. The van der Waals surface area contributed by atoms with Gasteiger partial charge in [-0.3, -0.25) is 9.20 Å². The first kappa shape index (κ1) is 21.7. The van der Waals surface area contributed by atoms with Gasteiger partial charge in [0.05, 0.1) is 6.04 Å². The van der Waals surface area contributed by atoms with Crippen LogP contribution >= 0.6 is 24.8 Å². The Morgan fingerprint density at radius 1 is 1.28 bits per heavy atom. The molecule has 0 aliphatic heterocycles. The van der Waals surface area contributed by atoms with Crippen LogP contribution in [0.15, 0.2) is 24.4 Å². The lowest BCUT2D eigenvalue weighted by molar-refractivity contribution is -0.124. The summed E-state index contributed by atoms with van der Waals surface area (Å²) >= 11 is 0. The number of amides is 1. The monoisotopic (exact) mass is 387 g/mol. The summed E-state index contributed by atoms with van der Waals surface area (Å²) in [6, 6.07) is 5.57. The van der Waals surface area contributed by atoms with Gasteiger partial charge in [0.2, 0.25) is 5.91 Å². The molecule has 0 aromatic carbocycles. The Bertz CT molecular complexity index is 684. The van der Waals surface area contributed by atoms with Crippen molar-refractivity contribution in [3.63, 3.8) is 0 Å². The normalized spacial score (nSPS) is 17.2. The summed E-state index contributed by atoms with van der Waals surface area (Å²) in [4.78, 5) is 12.5. The zero-order valence-electron chi connectivity index (χ0n) is 14.5. The van der Waals surface area contributed by atoms with Crippen molar-refractivity contribution in [2.45, 2.75) is 51.5 Å². The molecule has 0 radical (unpaired) electrons. The molecule has 140 valence electrons. The zero-order valence-corrected chi connectivity index (χ0v) is 16.1. The molecule has 2 aromatic rings. The zero-order chi connectivity index (χ0) is 16.3. The number of nitrogens with one attached hydrogen (secondary N) is 1.